The third-order valence-electron chi connectivity index (χ3n) is 2.74. The molecule has 80 valence electrons. The van der Waals surface area contributed by atoms with Crippen LogP contribution >= 0.6 is 0 Å². The molecule has 1 aliphatic rings. The zero-order valence-corrected chi connectivity index (χ0v) is 8.75. The van der Waals surface area contributed by atoms with Crippen molar-refractivity contribution >= 4 is 5.97 Å². The zero-order valence-electron chi connectivity index (χ0n) is 8.75. The Labute approximate surface area is 88.7 Å². The van der Waals surface area contributed by atoms with Crippen LogP contribution in [0.1, 0.15) is 34.8 Å². The fourth-order valence-corrected chi connectivity index (χ4v) is 2.09. The molecule has 0 fully saturated rings. The molecule has 0 amide bonds. The lowest BCUT2D eigenvalue weighted by Gasteiger charge is -2.09. The first-order valence-electron chi connectivity index (χ1n) is 5.25. The maximum atomic E-state index is 11.6. The van der Waals surface area contributed by atoms with E-state index in [0.717, 1.165) is 30.4 Å². The quantitative estimate of drug-likeness (QED) is 0.753. The SMILES string of the molecule is CCOC(=O)c1c(O)ccc2c1CCC2. The third kappa shape index (κ3) is 1.69. The van der Waals surface area contributed by atoms with E-state index < -0.39 is 5.97 Å². The number of rotatable bonds is 2. The Morgan fingerprint density at radius 3 is 3.00 bits per heavy atom. The number of benzene rings is 1. The summed E-state index contributed by atoms with van der Waals surface area (Å²) in [4.78, 5) is 11.6. The predicted octanol–water partition coefficient (Wildman–Crippen LogP) is 2.06. The Bertz CT molecular complexity index is 396. The van der Waals surface area contributed by atoms with Crippen LogP contribution in [0.5, 0.6) is 5.75 Å². The molecule has 3 heteroatoms. The first-order valence-corrected chi connectivity index (χ1v) is 5.25. The molecule has 0 unspecified atom stereocenters. The molecule has 0 atom stereocenters. The van der Waals surface area contributed by atoms with E-state index in [0.29, 0.717) is 12.2 Å². The first-order chi connectivity index (χ1) is 7.24. The Morgan fingerprint density at radius 2 is 2.27 bits per heavy atom. The average molecular weight is 206 g/mol. The van der Waals surface area contributed by atoms with Crippen molar-refractivity contribution in [2.75, 3.05) is 6.61 Å². The highest BCUT2D eigenvalue weighted by molar-refractivity contribution is 5.94. The molecule has 0 aliphatic heterocycles. The highest BCUT2D eigenvalue weighted by Gasteiger charge is 2.23. The van der Waals surface area contributed by atoms with Gasteiger partial charge in [-0.1, -0.05) is 6.07 Å². The fraction of sp³-hybridized carbons (Fsp3) is 0.417. The molecule has 0 bridgehead atoms. The Hall–Kier alpha value is -1.51. The zero-order chi connectivity index (χ0) is 10.8. The number of aromatic hydroxyl groups is 1. The lowest BCUT2D eigenvalue weighted by atomic mass is 10.0. The molecule has 0 radical (unpaired) electrons. The molecule has 3 nitrogen and oxygen atoms in total. The third-order valence-corrected chi connectivity index (χ3v) is 2.74. The van der Waals surface area contributed by atoms with Gasteiger partial charge in [-0.3, -0.25) is 0 Å². The van der Waals surface area contributed by atoms with E-state index in [4.69, 9.17) is 4.74 Å². The molecule has 1 aliphatic carbocycles. The summed E-state index contributed by atoms with van der Waals surface area (Å²) < 4.78 is 4.94. The van der Waals surface area contributed by atoms with Crippen molar-refractivity contribution in [3.8, 4) is 5.75 Å². The lowest BCUT2D eigenvalue weighted by Crippen LogP contribution is -2.08. The van der Waals surface area contributed by atoms with Crippen LogP contribution in [-0.2, 0) is 17.6 Å². The van der Waals surface area contributed by atoms with E-state index in [-0.39, 0.29) is 5.75 Å². The fourth-order valence-electron chi connectivity index (χ4n) is 2.09. The minimum absolute atomic E-state index is 0.0362. The average Bonchev–Trinajstić information content (AvgIpc) is 2.65. The summed E-state index contributed by atoms with van der Waals surface area (Å²) in [7, 11) is 0. The van der Waals surface area contributed by atoms with Crippen LogP contribution in [0.25, 0.3) is 0 Å². The number of carbonyl (C=O) groups is 1. The summed E-state index contributed by atoms with van der Waals surface area (Å²) in [5, 5.41) is 9.67. The molecule has 2 rings (SSSR count). The van der Waals surface area contributed by atoms with E-state index in [1.54, 1.807) is 13.0 Å². The Balaban J connectivity index is 2.45. The number of carbonyl (C=O) groups excluding carboxylic acids is 1. The predicted molar refractivity (Wildman–Crippen MR) is 56.1 cm³/mol. The topological polar surface area (TPSA) is 46.5 Å². The first kappa shape index (κ1) is 10.0. The molecule has 0 aromatic heterocycles. The van der Waals surface area contributed by atoms with E-state index >= 15 is 0 Å². The number of ether oxygens (including phenoxy) is 1. The monoisotopic (exact) mass is 206 g/mol. The second-order valence-corrected chi connectivity index (χ2v) is 3.67. The standard InChI is InChI=1S/C12H14O3/c1-2-15-12(14)11-9-5-3-4-8(9)6-7-10(11)13/h6-7,13H,2-5H2,1H3. The molecule has 0 saturated carbocycles. The number of esters is 1. The molecule has 15 heavy (non-hydrogen) atoms. The van der Waals surface area contributed by atoms with Crippen molar-refractivity contribution in [2.45, 2.75) is 26.2 Å². The van der Waals surface area contributed by atoms with Gasteiger partial charge >= 0.3 is 5.97 Å². The molecular formula is C12H14O3. The van der Waals surface area contributed by atoms with Crippen molar-refractivity contribution in [1.29, 1.82) is 0 Å². The van der Waals surface area contributed by atoms with Crippen LogP contribution in [0, 0.1) is 0 Å². The second kappa shape index (κ2) is 3.93. The van der Waals surface area contributed by atoms with Crippen LogP contribution in [0.15, 0.2) is 12.1 Å². The minimum Gasteiger partial charge on any atom is -0.507 e. The molecule has 0 saturated heterocycles. The Kier molecular flexibility index (Phi) is 2.62. The van der Waals surface area contributed by atoms with Crippen molar-refractivity contribution in [2.24, 2.45) is 0 Å². The van der Waals surface area contributed by atoms with E-state index in [1.165, 1.54) is 0 Å². The number of fused-ring (bicyclic) bond motifs is 1. The van der Waals surface area contributed by atoms with Gasteiger partial charge in [-0.2, -0.15) is 0 Å². The Morgan fingerprint density at radius 1 is 1.47 bits per heavy atom. The summed E-state index contributed by atoms with van der Waals surface area (Å²) in [6.07, 6.45) is 2.89. The van der Waals surface area contributed by atoms with Gasteiger partial charge in [-0.15, -0.1) is 0 Å². The van der Waals surface area contributed by atoms with Gasteiger partial charge in [0.2, 0.25) is 0 Å². The van der Waals surface area contributed by atoms with Gasteiger partial charge in [0.25, 0.3) is 0 Å². The van der Waals surface area contributed by atoms with E-state index in [9.17, 15) is 9.90 Å². The van der Waals surface area contributed by atoms with Gasteiger partial charge in [0, 0.05) is 0 Å². The van der Waals surface area contributed by atoms with Crippen molar-refractivity contribution < 1.29 is 14.6 Å². The lowest BCUT2D eigenvalue weighted by molar-refractivity contribution is 0.0522. The molecule has 1 N–H and O–H groups in total. The summed E-state index contributed by atoms with van der Waals surface area (Å²) >= 11 is 0. The highest BCUT2D eigenvalue weighted by Crippen LogP contribution is 2.31. The maximum absolute atomic E-state index is 11.6. The molecule has 1 aromatic rings. The summed E-state index contributed by atoms with van der Waals surface area (Å²) in [5.74, 6) is -0.372. The van der Waals surface area contributed by atoms with E-state index in [2.05, 4.69) is 0 Å². The normalized spacial score (nSPS) is 13.7. The van der Waals surface area contributed by atoms with Crippen LogP contribution in [0.2, 0.25) is 0 Å². The van der Waals surface area contributed by atoms with Crippen LogP contribution in [0.3, 0.4) is 0 Å². The number of hydrogen-bond donors (Lipinski definition) is 1. The van der Waals surface area contributed by atoms with Crippen LogP contribution < -0.4 is 0 Å². The van der Waals surface area contributed by atoms with Gasteiger partial charge < -0.3 is 9.84 Å². The number of phenols is 1. The second-order valence-electron chi connectivity index (χ2n) is 3.67. The molecule has 1 aromatic carbocycles. The smallest absolute Gasteiger partial charge is 0.342 e. The summed E-state index contributed by atoms with van der Waals surface area (Å²) in [6.45, 7) is 2.10. The minimum atomic E-state index is -0.409. The van der Waals surface area contributed by atoms with E-state index in [1.807, 2.05) is 6.07 Å². The van der Waals surface area contributed by atoms with Crippen molar-refractivity contribution in [3.63, 3.8) is 0 Å². The number of aryl methyl sites for hydroxylation is 1. The maximum Gasteiger partial charge on any atom is 0.342 e. The molecule has 0 heterocycles. The van der Waals surface area contributed by atoms with Crippen LogP contribution in [0.4, 0.5) is 0 Å². The summed E-state index contributed by atoms with van der Waals surface area (Å²) in [5.41, 5.74) is 2.50. The number of hydrogen-bond acceptors (Lipinski definition) is 3. The van der Waals surface area contributed by atoms with Gasteiger partial charge in [-0.25, -0.2) is 4.79 Å². The summed E-state index contributed by atoms with van der Waals surface area (Å²) in [6, 6.07) is 3.47. The molecule has 0 spiro atoms. The van der Waals surface area contributed by atoms with Crippen molar-refractivity contribution in [1.82, 2.24) is 0 Å². The largest absolute Gasteiger partial charge is 0.507 e. The van der Waals surface area contributed by atoms with Gasteiger partial charge in [0.1, 0.15) is 11.3 Å². The number of phenolic OH excluding ortho intramolecular Hbond substituents is 1. The highest BCUT2D eigenvalue weighted by atomic mass is 16.5. The van der Waals surface area contributed by atoms with Crippen LogP contribution in [-0.4, -0.2) is 17.7 Å². The van der Waals surface area contributed by atoms with Gasteiger partial charge in [-0.05, 0) is 43.4 Å². The van der Waals surface area contributed by atoms with Gasteiger partial charge in [0.15, 0.2) is 0 Å². The van der Waals surface area contributed by atoms with Gasteiger partial charge in [0.05, 0.1) is 6.61 Å². The van der Waals surface area contributed by atoms with Crippen molar-refractivity contribution in [3.05, 3.63) is 28.8 Å². The molecular weight excluding hydrogens is 192 g/mol.